The summed E-state index contributed by atoms with van der Waals surface area (Å²) in [6, 6.07) is 16.7. The van der Waals surface area contributed by atoms with Crippen molar-refractivity contribution < 1.29 is 22.7 Å². The fourth-order valence-electron chi connectivity index (χ4n) is 3.80. The predicted molar refractivity (Wildman–Crippen MR) is 136 cm³/mol. The van der Waals surface area contributed by atoms with Crippen molar-refractivity contribution in [2.75, 3.05) is 0 Å². The maximum Gasteiger partial charge on any atom is 0.417 e. The summed E-state index contributed by atoms with van der Waals surface area (Å²) in [5.41, 5.74) is 2.21. The van der Waals surface area contributed by atoms with Crippen molar-refractivity contribution >= 4 is 35.0 Å². The topological polar surface area (TPSA) is 67.9 Å². The van der Waals surface area contributed by atoms with Crippen LogP contribution in [0.5, 0.6) is 0 Å². The van der Waals surface area contributed by atoms with E-state index >= 15 is 0 Å². The number of nitrogens with zero attached hydrogens (tertiary/aromatic N) is 3. The number of carbonyl (C=O) groups is 1. The molecule has 0 aliphatic heterocycles. The first-order chi connectivity index (χ1) is 17.6. The maximum atomic E-state index is 13.3. The van der Waals surface area contributed by atoms with E-state index < -0.39 is 22.7 Å². The summed E-state index contributed by atoms with van der Waals surface area (Å²) in [4.78, 5) is 17.1. The number of halogens is 4. The fraction of sp³-hybridized carbons (Fsp3) is 0.148. The molecule has 0 amide bonds. The van der Waals surface area contributed by atoms with Crippen LogP contribution in [0.4, 0.5) is 13.2 Å². The highest BCUT2D eigenvalue weighted by Crippen LogP contribution is 2.36. The third kappa shape index (κ3) is 5.77. The van der Waals surface area contributed by atoms with Crippen molar-refractivity contribution in [1.82, 2.24) is 9.55 Å². The lowest BCUT2D eigenvalue weighted by atomic mass is 10.1. The second kappa shape index (κ2) is 10.6. The van der Waals surface area contributed by atoms with Crippen LogP contribution in [0, 0.1) is 25.2 Å². The standard InChI is InChI=1S/C27H19ClF3N3O2S/c1-16-10-19(17(2)34(16)22-8-9-24(28)23(12-22)27(29,30)31)11-20(13-32)26(35)36-14-21-15-37-25(33-21)18-6-4-3-5-7-18/h3-12,15H,14H2,1-2H3. The van der Waals surface area contributed by atoms with Gasteiger partial charge >= 0.3 is 12.1 Å². The Balaban J connectivity index is 1.54. The van der Waals surface area contributed by atoms with Crippen LogP contribution in [0.1, 0.15) is 28.2 Å². The molecule has 0 aliphatic carbocycles. The first-order valence-corrected chi connectivity index (χ1v) is 12.2. The molecule has 10 heteroatoms. The average molecular weight is 542 g/mol. The monoisotopic (exact) mass is 541 g/mol. The SMILES string of the molecule is Cc1cc(C=C(C#N)C(=O)OCc2csc(-c3ccccc3)n2)c(C)n1-c1ccc(Cl)c(C(F)(F)F)c1. The van der Waals surface area contributed by atoms with E-state index in [2.05, 4.69) is 4.98 Å². The summed E-state index contributed by atoms with van der Waals surface area (Å²) < 4.78 is 46.9. The molecule has 4 rings (SSSR count). The van der Waals surface area contributed by atoms with Crippen molar-refractivity contribution in [3.63, 3.8) is 0 Å². The van der Waals surface area contributed by atoms with E-state index in [1.165, 1.54) is 29.5 Å². The van der Waals surface area contributed by atoms with Gasteiger partial charge in [0.2, 0.25) is 0 Å². The molecule has 2 heterocycles. The van der Waals surface area contributed by atoms with Crippen molar-refractivity contribution in [1.29, 1.82) is 5.26 Å². The molecular formula is C27H19ClF3N3O2S. The molecule has 4 aromatic rings. The Kier molecular flexibility index (Phi) is 7.52. The lowest BCUT2D eigenvalue weighted by molar-refractivity contribution is -0.140. The molecule has 2 aromatic carbocycles. The zero-order chi connectivity index (χ0) is 26.7. The van der Waals surface area contributed by atoms with Crippen LogP contribution in [0.15, 0.2) is 65.6 Å². The number of hydrogen-bond acceptors (Lipinski definition) is 5. The summed E-state index contributed by atoms with van der Waals surface area (Å²) in [5.74, 6) is -0.826. The third-order valence-corrected chi connectivity index (χ3v) is 6.82. The van der Waals surface area contributed by atoms with Crippen molar-refractivity contribution in [3.05, 3.63) is 98.8 Å². The Morgan fingerprint density at radius 2 is 1.92 bits per heavy atom. The first kappa shape index (κ1) is 26.2. The van der Waals surface area contributed by atoms with E-state index in [0.29, 0.717) is 22.6 Å². The molecule has 2 aromatic heterocycles. The maximum absolute atomic E-state index is 13.3. The number of nitriles is 1. The number of benzene rings is 2. The van der Waals surface area contributed by atoms with Gasteiger partial charge in [-0.1, -0.05) is 41.9 Å². The van der Waals surface area contributed by atoms with Gasteiger partial charge in [0.25, 0.3) is 0 Å². The van der Waals surface area contributed by atoms with Gasteiger partial charge in [-0.2, -0.15) is 18.4 Å². The van der Waals surface area contributed by atoms with Gasteiger partial charge in [-0.15, -0.1) is 11.3 Å². The second-order valence-electron chi connectivity index (χ2n) is 8.08. The number of aryl methyl sites for hydroxylation is 1. The highest BCUT2D eigenvalue weighted by molar-refractivity contribution is 7.13. The minimum atomic E-state index is -4.61. The lowest BCUT2D eigenvalue weighted by Crippen LogP contribution is -2.08. The van der Waals surface area contributed by atoms with E-state index in [9.17, 15) is 23.2 Å². The Hall–Kier alpha value is -3.87. The van der Waals surface area contributed by atoms with Crippen LogP contribution in [0.25, 0.3) is 22.3 Å². The number of alkyl halides is 3. The molecule has 5 nitrogen and oxygen atoms in total. The Morgan fingerprint density at radius 3 is 2.59 bits per heavy atom. The Labute approximate surface area is 220 Å². The van der Waals surface area contributed by atoms with Crippen LogP contribution < -0.4 is 0 Å². The van der Waals surface area contributed by atoms with Gasteiger partial charge in [0.1, 0.15) is 23.3 Å². The number of thiazole rings is 1. The van der Waals surface area contributed by atoms with Crippen molar-refractivity contribution in [2.24, 2.45) is 0 Å². The lowest BCUT2D eigenvalue weighted by Gasteiger charge is -2.14. The van der Waals surface area contributed by atoms with Crippen LogP contribution in [0.3, 0.4) is 0 Å². The largest absolute Gasteiger partial charge is 0.455 e. The number of rotatable bonds is 6. The van der Waals surface area contributed by atoms with E-state index in [4.69, 9.17) is 16.3 Å². The molecule has 0 radical (unpaired) electrons. The molecule has 0 aliphatic rings. The molecule has 0 unspecified atom stereocenters. The molecule has 0 fully saturated rings. The molecule has 188 valence electrons. The molecular weight excluding hydrogens is 523 g/mol. The number of carbonyl (C=O) groups excluding carboxylic acids is 1. The Bertz CT molecular complexity index is 1530. The molecule has 0 saturated carbocycles. The van der Waals surface area contributed by atoms with Crippen molar-refractivity contribution in [2.45, 2.75) is 26.6 Å². The third-order valence-electron chi connectivity index (χ3n) is 5.55. The van der Waals surface area contributed by atoms with Crippen molar-refractivity contribution in [3.8, 4) is 22.3 Å². The van der Waals surface area contributed by atoms with E-state index in [0.717, 1.165) is 16.6 Å². The van der Waals surface area contributed by atoms with Gasteiger partial charge in [0.05, 0.1) is 16.3 Å². The highest BCUT2D eigenvalue weighted by Gasteiger charge is 2.33. The van der Waals surface area contributed by atoms with Gasteiger partial charge in [-0.3, -0.25) is 0 Å². The quantitative estimate of drug-likeness (QED) is 0.144. The van der Waals surface area contributed by atoms with Crippen LogP contribution in [0.2, 0.25) is 5.02 Å². The number of aromatic nitrogens is 2. The molecule has 0 bridgehead atoms. The van der Waals surface area contributed by atoms with E-state index in [1.807, 2.05) is 36.4 Å². The minimum absolute atomic E-state index is 0.106. The van der Waals surface area contributed by atoms with Gasteiger partial charge in [-0.05, 0) is 49.8 Å². The fourth-order valence-corrected chi connectivity index (χ4v) is 4.83. The number of hydrogen-bond donors (Lipinski definition) is 0. The predicted octanol–water partition coefficient (Wildman–Crippen LogP) is 7.54. The molecule has 0 N–H and O–H groups in total. The van der Waals surface area contributed by atoms with E-state index in [1.54, 1.807) is 29.9 Å². The normalized spacial score (nSPS) is 11.9. The van der Waals surface area contributed by atoms with Gasteiger partial charge < -0.3 is 9.30 Å². The number of esters is 1. The molecule has 0 spiro atoms. The molecule has 0 atom stereocenters. The van der Waals surface area contributed by atoms with E-state index in [-0.39, 0.29) is 17.9 Å². The minimum Gasteiger partial charge on any atom is -0.455 e. The summed E-state index contributed by atoms with van der Waals surface area (Å²) in [6.45, 7) is 3.29. The summed E-state index contributed by atoms with van der Waals surface area (Å²) in [7, 11) is 0. The first-order valence-electron chi connectivity index (χ1n) is 10.9. The summed E-state index contributed by atoms with van der Waals surface area (Å²) in [5, 5.41) is 11.7. The molecule has 0 saturated heterocycles. The summed E-state index contributed by atoms with van der Waals surface area (Å²) in [6.07, 6.45) is -3.25. The summed E-state index contributed by atoms with van der Waals surface area (Å²) >= 11 is 7.17. The molecule has 37 heavy (non-hydrogen) atoms. The van der Waals surface area contributed by atoms with Gasteiger partial charge in [0.15, 0.2) is 0 Å². The second-order valence-corrected chi connectivity index (χ2v) is 9.35. The zero-order valence-electron chi connectivity index (χ0n) is 19.6. The highest BCUT2D eigenvalue weighted by atomic mass is 35.5. The van der Waals surface area contributed by atoms with Gasteiger partial charge in [-0.25, -0.2) is 9.78 Å². The van der Waals surface area contributed by atoms with Crippen LogP contribution in [-0.4, -0.2) is 15.5 Å². The van der Waals surface area contributed by atoms with Crippen LogP contribution >= 0.6 is 22.9 Å². The van der Waals surface area contributed by atoms with Crippen LogP contribution in [-0.2, 0) is 22.3 Å². The number of ether oxygens (including phenoxy) is 1. The smallest absolute Gasteiger partial charge is 0.417 e. The zero-order valence-corrected chi connectivity index (χ0v) is 21.2. The average Bonchev–Trinajstić information content (AvgIpc) is 3.45. The van der Waals surface area contributed by atoms with Gasteiger partial charge in [0, 0.05) is 28.0 Å². The Morgan fingerprint density at radius 1 is 1.19 bits per heavy atom.